The third kappa shape index (κ3) is 24.9. The smallest absolute Gasteiger partial charge is 0.303 e. The number of carboxylic acid groups (broad SMARTS) is 1. The summed E-state index contributed by atoms with van der Waals surface area (Å²) in [6, 6.07) is 0.0476. The number of unbranched alkanes of at least 4 members (excludes halogenated alkanes) is 14. The van der Waals surface area contributed by atoms with Crippen molar-refractivity contribution in [1.29, 1.82) is 0 Å². The van der Waals surface area contributed by atoms with Gasteiger partial charge in [0.25, 0.3) is 0 Å². The molecule has 0 fully saturated rings. The van der Waals surface area contributed by atoms with Gasteiger partial charge in [0.05, 0.1) is 0 Å². The van der Waals surface area contributed by atoms with E-state index in [9.17, 15) is 14.4 Å². The molecule has 0 radical (unpaired) electrons. The molecule has 0 aliphatic rings. The summed E-state index contributed by atoms with van der Waals surface area (Å²) in [7, 11) is 0. The highest BCUT2D eigenvalue weighted by Gasteiger charge is 2.09. The van der Waals surface area contributed by atoms with Gasteiger partial charge in [-0.1, -0.05) is 90.4 Å². The third-order valence-corrected chi connectivity index (χ3v) is 6.11. The van der Waals surface area contributed by atoms with Gasteiger partial charge in [0.15, 0.2) is 0 Å². The van der Waals surface area contributed by atoms with Crippen LogP contribution in [0.2, 0.25) is 0 Å². The van der Waals surface area contributed by atoms with Gasteiger partial charge < -0.3 is 15.7 Å². The molecule has 0 aromatic carbocycles. The molecule has 3 N–H and O–H groups in total. The molecule has 0 rings (SSSR count). The molecular formula is C27H52N2O4. The first kappa shape index (κ1) is 31.4. The molecule has 0 aromatic heterocycles. The zero-order valence-corrected chi connectivity index (χ0v) is 21.6. The quantitative estimate of drug-likeness (QED) is 0.141. The Morgan fingerprint density at radius 2 is 1.09 bits per heavy atom. The fourth-order valence-corrected chi connectivity index (χ4v) is 3.94. The summed E-state index contributed by atoms with van der Waals surface area (Å²) in [6.45, 7) is 4.82. The average molecular weight is 469 g/mol. The van der Waals surface area contributed by atoms with Crippen LogP contribution in [0.1, 0.15) is 142 Å². The van der Waals surface area contributed by atoms with E-state index in [0.29, 0.717) is 25.7 Å². The van der Waals surface area contributed by atoms with E-state index in [4.69, 9.17) is 5.11 Å². The molecule has 0 spiro atoms. The highest BCUT2D eigenvalue weighted by Crippen LogP contribution is 2.13. The standard InChI is InChI=1S/C27H52N2O4/c1-3-4-23-28-25(30)22-21-24(2)29-26(31)19-17-15-13-11-9-7-5-6-8-10-12-14-16-18-20-27(32)33/h24H,3-23H2,1-2H3,(H,28,30)(H,29,31)(H,32,33)/t24-/m1/s1. The number of carbonyl (C=O) groups is 3. The molecule has 0 aromatic rings. The number of carboxylic acids is 1. The minimum Gasteiger partial charge on any atom is -0.481 e. The van der Waals surface area contributed by atoms with Crippen molar-refractivity contribution < 1.29 is 19.5 Å². The van der Waals surface area contributed by atoms with Crippen molar-refractivity contribution in [2.75, 3.05) is 6.54 Å². The van der Waals surface area contributed by atoms with Gasteiger partial charge in [0.2, 0.25) is 11.8 Å². The van der Waals surface area contributed by atoms with Crippen LogP contribution in [0.5, 0.6) is 0 Å². The van der Waals surface area contributed by atoms with E-state index in [0.717, 1.165) is 45.1 Å². The summed E-state index contributed by atoms with van der Waals surface area (Å²) in [5.74, 6) is -0.493. The third-order valence-electron chi connectivity index (χ3n) is 6.11. The molecule has 33 heavy (non-hydrogen) atoms. The molecule has 0 saturated heterocycles. The Bertz CT molecular complexity index is 497. The van der Waals surface area contributed by atoms with Crippen LogP contribution < -0.4 is 10.6 Å². The summed E-state index contributed by atoms with van der Waals surface area (Å²) in [5, 5.41) is 14.5. The van der Waals surface area contributed by atoms with Gasteiger partial charge in [-0.05, 0) is 32.6 Å². The number of hydrogen-bond donors (Lipinski definition) is 3. The average Bonchev–Trinajstić information content (AvgIpc) is 2.77. The molecule has 1 atom stereocenters. The molecule has 0 aliphatic carbocycles. The molecule has 0 aliphatic heterocycles. The van der Waals surface area contributed by atoms with E-state index in [1.54, 1.807) is 0 Å². The Morgan fingerprint density at radius 3 is 1.55 bits per heavy atom. The minimum absolute atomic E-state index is 0.0476. The normalized spacial score (nSPS) is 11.8. The van der Waals surface area contributed by atoms with E-state index in [1.165, 1.54) is 64.2 Å². The van der Waals surface area contributed by atoms with Crippen molar-refractivity contribution in [2.24, 2.45) is 0 Å². The van der Waals surface area contributed by atoms with E-state index in [2.05, 4.69) is 17.6 Å². The van der Waals surface area contributed by atoms with Crippen molar-refractivity contribution in [1.82, 2.24) is 10.6 Å². The van der Waals surface area contributed by atoms with E-state index in [1.807, 2.05) is 6.92 Å². The second-order valence-corrected chi connectivity index (χ2v) is 9.55. The maximum atomic E-state index is 12.0. The number of hydrogen-bond acceptors (Lipinski definition) is 3. The molecular weight excluding hydrogens is 416 g/mol. The molecule has 0 heterocycles. The highest BCUT2D eigenvalue weighted by atomic mass is 16.4. The first-order valence-electron chi connectivity index (χ1n) is 13.7. The number of aliphatic carboxylic acids is 1. The topological polar surface area (TPSA) is 95.5 Å². The number of rotatable bonds is 24. The van der Waals surface area contributed by atoms with Crippen molar-refractivity contribution in [3.63, 3.8) is 0 Å². The fraction of sp³-hybridized carbons (Fsp3) is 0.889. The first-order valence-corrected chi connectivity index (χ1v) is 13.7. The maximum absolute atomic E-state index is 12.0. The molecule has 2 amide bonds. The Hall–Kier alpha value is -1.59. The van der Waals surface area contributed by atoms with Crippen molar-refractivity contribution >= 4 is 17.8 Å². The van der Waals surface area contributed by atoms with Gasteiger partial charge in [-0.3, -0.25) is 14.4 Å². The van der Waals surface area contributed by atoms with Gasteiger partial charge in [0.1, 0.15) is 0 Å². The lowest BCUT2D eigenvalue weighted by atomic mass is 10.0. The Balaban J connectivity index is 3.35. The van der Waals surface area contributed by atoms with Crippen LogP contribution in [0.25, 0.3) is 0 Å². The van der Waals surface area contributed by atoms with Crippen molar-refractivity contribution in [3.8, 4) is 0 Å². The summed E-state index contributed by atoms with van der Waals surface area (Å²) < 4.78 is 0. The van der Waals surface area contributed by atoms with E-state index >= 15 is 0 Å². The summed E-state index contributed by atoms with van der Waals surface area (Å²) in [6.07, 6.45) is 20.8. The Kier molecular flexibility index (Phi) is 22.4. The van der Waals surface area contributed by atoms with Crippen LogP contribution in [-0.2, 0) is 14.4 Å². The molecule has 0 bridgehead atoms. The molecule has 6 nitrogen and oxygen atoms in total. The van der Waals surface area contributed by atoms with Crippen LogP contribution in [0.4, 0.5) is 0 Å². The minimum atomic E-state index is -0.679. The number of amides is 2. The molecule has 0 unspecified atom stereocenters. The summed E-state index contributed by atoms with van der Waals surface area (Å²) >= 11 is 0. The molecule has 194 valence electrons. The van der Waals surface area contributed by atoms with Crippen LogP contribution in [0.15, 0.2) is 0 Å². The van der Waals surface area contributed by atoms with Gasteiger partial charge in [0, 0.05) is 31.8 Å². The molecule has 0 saturated carbocycles. The highest BCUT2D eigenvalue weighted by molar-refractivity contribution is 5.77. The maximum Gasteiger partial charge on any atom is 0.303 e. The lowest BCUT2D eigenvalue weighted by Gasteiger charge is -2.13. The monoisotopic (exact) mass is 468 g/mol. The van der Waals surface area contributed by atoms with E-state index < -0.39 is 5.97 Å². The van der Waals surface area contributed by atoms with Crippen molar-refractivity contribution in [2.45, 2.75) is 148 Å². The second-order valence-electron chi connectivity index (χ2n) is 9.55. The van der Waals surface area contributed by atoms with Crippen LogP contribution in [0.3, 0.4) is 0 Å². The van der Waals surface area contributed by atoms with Gasteiger partial charge in [-0.2, -0.15) is 0 Å². The zero-order chi connectivity index (χ0) is 24.6. The second kappa shape index (κ2) is 23.6. The fourth-order valence-electron chi connectivity index (χ4n) is 3.94. The Morgan fingerprint density at radius 1 is 0.636 bits per heavy atom. The summed E-state index contributed by atoms with van der Waals surface area (Å²) in [5.41, 5.74) is 0. The lowest BCUT2D eigenvalue weighted by molar-refractivity contribution is -0.137. The molecule has 6 heteroatoms. The Labute approximate surface area is 203 Å². The summed E-state index contributed by atoms with van der Waals surface area (Å²) in [4.78, 5) is 34.2. The lowest BCUT2D eigenvalue weighted by Crippen LogP contribution is -2.34. The van der Waals surface area contributed by atoms with Gasteiger partial charge >= 0.3 is 5.97 Å². The number of nitrogens with one attached hydrogen (secondary N) is 2. The van der Waals surface area contributed by atoms with Crippen LogP contribution >= 0.6 is 0 Å². The van der Waals surface area contributed by atoms with Crippen LogP contribution in [-0.4, -0.2) is 35.5 Å². The SMILES string of the molecule is CCCCNC(=O)CC[C@@H](C)NC(=O)CCCCCCCCCCCCCCCCC(=O)O. The predicted octanol–water partition coefficient (Wildman–Crippen LogP) is 6.51. The largest absolute Gasteiger partial charge is 0.481 e. The van der Waals surface area contributed by atoms with Crippen molar-refractivity contribution in [3.05, 3.63) is 0 Å². The van der Waals surface area contributed by atoms with Crippen LogP contribution in [0, 0.1) is 0 Å². The van der Waals surface area contributed by atoms with Gasteiger partial charge in [-0.25, -0.2) is 0 Å². The zero-order valence-electron chi connectivity index (χ0n) is 21.6. The van der Waals surface area contributed by atoms with E-state index in [-0.39, 0.29) is 17.9 Å². The van der Waals surface area contributed by atoms with Gasteiger partial charge in [-0.15, -0.1) is 0 Å². The predicted molar refractivity (Wildman–Crippen MR) is 136 cm³/mol. The number of carbonyl (C=O) groups excluding carboxylic acids is 2. The first-order chi connectivity index (χ1) is 16.0.